The van der Waals surface area contributed by atoms with Gasteiger partial charge in [-0.05, 0) is 45.1 Å². The molecule has 0 fully saturated rings. The lowest BCUT2D eigenvalue weighted by Crippen LogP contribution is -2.29. The maximum absolute atomic E-state index is 14.4. The predicted molar refractivity (Wildman–Crippen MR) is 127 cm³/mol. The van der Waals surface area contributed by atoms with Gasteiger partial charge in [-0.15, -0.1) is 0 Å². The molecule has 2 aromatic rings. The molecule has 0 saturated carbocycles. The summed E-state index contributed by atoms with van der Waals surface area (Å²) < 4.78 is 26.8. The van der Waals surface area contributed by atoms with Gasteiger partial charge in [0, 0.05) is 15.9 Å². The maximum Gasteiger partial charge on any atom is 0.163 e. The number of nitrogens with one attached hydrogen (secondary N) is 1. The van der Waals surface area contributed by atoms with Crippen molar-refractivity contribution in [3.63, 3.8) is 0 Å². The topological polar surface area (TPSA) is 59.5 Å². The number of halogens is 2. The monoisotopic (exact) mass is 492 g/mol. The molecule has 1 heterocycles. The van der Waals surface area contributed by atoms with Crippen LogP contribution in [0.3, 0.4) is 0 Å². The van der Waals surface area contributed by atoms with Gasteiger partial charge in [0.2, 0.25) is 0 Å². The molecule has 2 unspecified atom stereocenters. The van der Waals surface area contributed by atoms with Gasteiger partial charge in [0.05, 0.1) is 25.3 Å². The lowest BCUT2D eigenvalue weighted by molar-refractivity contribution is 0.214. The van der Waals surface area contributed by atoms with E-state index in [0.29, 0.717) is 35.4 Å². The molecule has 1 aromatic carbocycles. The average molecular weight is 493 g/mol. The fourth-order valence-corrected chi connectivity index (χ4v) is 3.81. The zero-order valence-electron chi connectivity index (χ0n) is 18.4. The van der Waals surface area contributed by atoms with Crippen LogP contribution in [0.5, 0.6) is 11.5 Å². The number of rotatable bonds is 10. The molecule has 8 heteroatoms. The van der Waals surface area contributed by atoms with Crippen LogP contribution in [0.25, 0.3) is 10.9 Å². The van der Waals surface area contributed by atoms with Crippen molar-refractivity contribution in [2.45, 2.75) is 32.0 Å². The van der Waals surface area contributed by atoms with E-state index in [4.69, 9.17) is 9.47 Å². The largest absolute Gasteiger partial charge is 0.493 e. The Bertz CT molecular complexity index is 951. The van der Waals surface area contributed by atoms with Crippen molar-refractivity contribution in [2.24, 2.45) is 5.92 Å². The summed E-state index contributed by atoms with van der Waals surface area (Å²) in [6.45, 7) is 3.81. The van der Waals surface area contributed by atoms with Gasteiger partial charge in [-0.1, -0.05) is 41.4 Å². The number of fused-ring (bicyclic) bond motifs is 1. The molecule has 3 rings (SSSR count). The molecule has 0 amide bonds. The summed E-state index contributed by atoms with van der Waals surface area (Å²) >= 11 is 3.30. The first-order valence-electron chi connectivity index (χ1n) is 10.5. The number of nitrogens with zero attached hydrogens (tertiary/aromatic N) is 3. The van der Waals surface area contributed by atoms with E-state index < -0.39 is 12.2 Å². The molecule has 168 valence electrons. The zero-order valence-corrected chi connectivity index (χ0v) is 20.0. The quantitative estimate of drug-likeness (QED) is 0.505. The van der Waals surface area contributed by atoms with Gasteiger partial charge in [0.1, 0.15) is 18.3 Å². The first kappa shape index (κ1) is 23.5. The Balaban J connectivity index is 1.80. The van der Waals surface area contributed by atoms with Crippen LogP contribution in [0.1, 0.15) is 19.8 Å². The van der Waals surface area contributed by atoms with Crippen molar-refractivity contribution < 1.29 is 13.9 Å². The Kier molecular flexibility index (Phi) is 8.26. The predicted octanol–water partition coefficient (Wildman–Crippen LogP) is 4.96. The molecule has 0 bridgehead atoms. The van der Waals surface area contributed by atoms with E-state index >= 15 is 0 Å². The summed E-state index contributed by atoms with van der Waals surface area (Å²) in [6, 6.07) is 3.20. The summed E-state index contributed by atoms with van der Waals surface area (Å²) in [7, 11) is 5.77. The number of hydrogen-bond donors (Lipinski definition) is 1. The number of benzene rings is 1. The molecule has 1 aliphatic carbocycles. The van der Waals surface area contributed by atoms with Gasteiger partial charge in [-0.2, -0.15) is 0 Å². The van der Waals surface area contributed by atoms with Crippen molar-refractivity contribution in [1.82, 2.24) is 14.9 Å². The summed E-state index contributed by atoms with van der Waals surface area (Å²) in [5.41, 5.74) is 0.710. The summed E-state index contributed by atoms with van der Waals surface area (Å²) in [5.74, 6) is 2.26. The van der Waals surface area contributed by atoms with Gasteiger partial charge >= 0.3 is 0 Å². The van der Waals surface area contributed by atoms with Crippen molar-refractivity contribution in [3.05, 3.63) is 41.2 Å². The number of methoxy groups -OCH3 is 1. The van der Waals surface area contributed by atoms with Crippen LogP contribution >= 0.6 is 15.9 Å². The summed E-state index contributed by atoms with van der Waals surface area (Å²) in [6.07, 6.45) is 7.54. The number of allylic oxidation sites excluding steroid dienone is 2. The Hall–Kier alpha value is -2.19. The molecular formula is C23H30BrFN4O2. The summed E-state index contributed by atoms with van der Waals surface area (Å²) in [5, 5.41) is 3.92. The molecule has 3 atom stereocenters. The molecule has 0 radical (unpaired) electrons. The van der Waals surface area contributed by atoms with Crippen molar-refractivity contribution in [3.8, 4) is 11.5 Å². The normalized spacial score (nSPS) is 19.4. The van der Waals surface area contributed by atoms with Gasteiger partial charge in [0.25, 0.3) is 0 Å². The number of anilines is 1. The van der Waals surface area contributed by atoms with Gasteiger partial charge in [-0.25, -0.2) is 14.4 Å². The lowest BCUT2D eigenvalue weighted by Gasteiger charge is -2.22. The van der Waals surface area contributed by atoms with Crippen molar-refractivity contribution in [2.75, 3.05) is 39.7 Å². The first-order chi connectivity index (χ1) is 14.9. The Morgan fingerprint density at radius 1 is 1.26 bits per heavy atom. The lowest BCUT2D eigenvalue weighted by atomic mass is 10.0. The zero-order chi connectivity index (χ0) is 22.4. The van der Waals surface area contributed by atoms with Gasteiger partial charge in [-0.3, -0.25) is 0 Å². The van der Waals surface area contributed by atoms with E-state index in [2.05, 4.69) is 57.1 Å². The number of hydrogen-bond acceptors (Lipinski definition) is 6. The van der Waals surface area contributed by atoms with E-state index in [0.717, 1.165) is 29.3 Å². The highest BCUT2D eigenvalue weighted by atomic mass is 79.9. The van der Waals surface area contributed by atoms with Crippen LogP contribution in [0.4, 0.5) is 10.2 Å². The van der Waals surface area contributed by atoms with Crippen molar-refractivity contribution in [1.29, 1.82) is 0 Å². The highest BCUT2D eigenvalue weighted by Crippen LogP contribution is 2.35. The van der Waals surface area contributed by atoms with Crippen LogP contribution in [0.15, 0.2) is 41.2 Å². The Morgan fingerprint density at radius 3 is 2.74 bits per heavy atom. The summed E-state index contributed by atoms with van der Waals surface area (Å²) in [4.78, 5) is 10.9. The Labute approximate surface area is 191 Å². The fraction of sp³-hybridized carbons (Fsp3) is 0.478. The fourth-order valence-electron chi connectivity index (χ4n) is 3.40. The second-order valence-corrected chi connectivity index (χ2v) is 8.86. The third-order valence-corrected chi connectivity index (χ3v) is 5.91. The molecular weight excluding hydrogens is 463 g/mol. The third-order valence-electron chi connectivity index (χ3n) is 5.38. The standard InChI is InChI=1S/C23H30BrFN4O2/c1-5-15(8-9-29(2)3)13-31-22-12-20-17(11-21(22)30-4)23(27-14-26-20)28-19-7-6-16(24)10-18(19)25/h6-7,10-12,14-15,18-19H,5,8-9,13H2,1-4H3,(H,26,27,28)/t15?,18?,19-/m0/s1. The van der Waals surface area contributed by atoms with Crippen LogP contribution < -0.4 is 14.8 Å². The van der Waals surface area contributed by atoms with Gasteiger partial charge < -0.3 is 19.7 Å². The second-order valence-electron chi connectivity index (χ2n) is 7.94. The van der Waals surface area contributed by atoms with E-state index in [1.54, 1.807) is 13.2 Å². The third kappa shape index (κ3) is 6.17. The van der Waals surface area contributed by atoms with Crippen LogP contribution in [0, 0.1) is 5.92 Å². The first-order valence-corrected chi connectivity index (χ1v) is 11.3. The van der Waals surface area contributed by atoms with Crippen molar-refractivity contribution >= 4 is 32.7 Å². The molecule has 6 nitrogen and oxygen atoms in total. The number of aromatic nitrogens is 2. The minimum absolute atomic E-state index is 0.456. The van der Waals surface area contributed by atoms with Crippen LogP contribution in [0.2, 0.25) is 0 Å². The minimum Gasteiger partial charge on any atom is -0.493 e. The van der Waals surface area contributed by atoms with E-state index in [-0.39, 0.29) is 0 Å². The van der Waals surface area contributed by atoms with Crippen LogP contribution in [-0.2, 0) is 0 Å². The van der Waals surface area contributed by atoms with E-state index in [1.165, 1.54) is 12.4 Å². The molecule has 1 N–H and O–H groups in total. The molecule has 0 aliphatic heterocycles. The minimum atomic E-state index is -1.16. The van der Waals surface area contributed by atoms with Gasteiger partial charge in [0.15, 0.2) is 11.5 Å². The maximum atomic E-state index is 14.4. The highest BCUT2D eigenvalue weighted by molar-refractivity contribution is 9.11. The van der Waals surface area contributed by atoms with Crippen LogP contribution in [-0.4, -0.2) is 61.4 Å². The molecule has 31 heavy (non-hydrogen) atoms. The molecule has 1 aliphatic rings. The SMILES string of the molecule is CCC(CCN(C)C)COc1cc2ncnc(N[C@H]3C=CC(Br)=CC3F)c2cc1OC. The molecule has 0 spiro atoms. The highest BCUT2D eigenvalue weighted by Gasteiger charge is 2.22. The second kappa shape index (κ2) is 10.9. The molecule has 1 aromatic heterocycles. The smallest absolute Gasteiger partial charge is 0.163 e. The molecule has 0 saturated heterocycles. The Morgan fingerprint density at radius 2 is 2.06 bits per heavy atom. The number of ether oxygens (including phenoxy) is 2. The van der Waals surface area contributed by atoms with E-state index in [1.807, 2.05) is 18.2 Å². The number of alkyl halides is 1. The van der Waals surface area contributed by atoms with E-state index in [9.17, 15) is 4.39 Å². The average Bonchev–Trinajstić information content (AvgIpc) is 2.75.